The normalized spacial score (nSPS) is 20.3. The van der Waals surface area contributed by atoms with E-state index in [4.69, 9.17) is 15.5 Å². The molecule has 35 heavy (non-hydrogen) atoms. The topological polar surface area (TPSA) is 91.2 Å². The maximum absolute atomic E-state index is 13.6. The van der Waals surface area contributed by atoms with Gasteiger partial charge in [0.2, 0.25) is 0 Å². The fourth-order valence-corrected chi connectivity index (χ4v) is 5.52. The SMILES string of the molecule is CCCn1c(-c2nc3cc(C(=O)N4C[C@@H](CC)[C@@H](N)[C@H]4C)cc(OC)c3n2C)cc2cccnc21. The van der Waals surface area contributed by atoms with Crippen LogP contribution in [0.15, 0.2) is 36.5 Å². The van der Waals surface area contributed by atoms with Crippen molar-refractivity contribution in [1.29, 1.82) is 0 Å². The molecule has 3 atom stereocenters. The molecular formula is C27H34N6O2. The Morgan fingerprint density at radius 3 is 2.74 bits per heavy atom. The standard InChI is InChI=1S/C27H34N6O2/c1-6-11-32-21(13-18-9-8-10-29-25(18)32)26-30-20-12-19(14-22(35-5)24(20)31(26)4)27(34)33-15-17(7-2)23(28)16(33)3/h8-10,12-14,16-17,23H,6-7,11,15,28H2,1-5H3/t16-,17-,23+/m1/s1. The molecule has 1 amide bonds. The van der Waals surface area contributed by atoms with E-state index in [-0.39, 0.29) is 18.0 Å². The number of nitrogens with zero attached hydrogens (tertiary/aromatic N) is 5. The predicted molar refractivity (Wildman–Crippen MR) is 139 cm³/mol. The first kappa shape index (κ1) is 23.4. The summed E-state index contributed by atoms with van der Waals surface area (Å²) in [6.07, 6.45) is 3.76. The summed E-state index contributed by atoms with van der Waals surface area (Å²) < 4.78 is 10.0. The molecule has 0 unspecified atom stereocenters. The third-order valence-electron chi connectivity index (χ3n) is 7.54. The molecule has 0 aliphatic carbocycles. The molecule has 4 aromatic rings. The van der Waals surface area contributed by atoms with E-state index in [9.17, 15) is 4.79 Å². The first-order valence-corrected chi connectivity index (χ1v) is 12.4. The smallest absolute Gasteiger partial charge is 0.254 e. The molecule has 0 bridgehead atoms. The van der Waals surface area contributed by atoms with Crippen LogP contribution in [-0.4, -0.2) is 55.6 Å². The van der Waals surface area contributed by atoms with E-state index >= 15 is 0 Å². The van der Waals surface area contributed by atoms with Crippen molar-refractivity contribution in [3.63, 3.8) is 0 Å². The van der Waals surface area contributed by atoms with Gasteiger partial charge in [0.25, 0.3) is 5.91 Å². The van der Waals surface area contributed by atoms with E-state index < -0.39 is 0 Å². The van der Waals surface area contributed by atoms with E-state index in [1.54, 1.807) is 7.11 Å². The summed E-state index contributed by atoms with van der Waals surface area (Å²) in [4.78, 5) is 25.1. The van der Waals surface area contributed by atoms with E-state index in [2.05, 4.69) is 35.5 Å². The van der Waals surface area contributed by atoms with Crippen molar-refractivity contribution >= 4 is 28.0 Å². The summed E-state index contributed by atoms with van der Waals surface area (Å²) in [5.41, 5.74) is 10.5. The Bertz CT molecular complexity index is 1400. The second-order valence-electron chi connectivity index (χ2n) is 9.58. The van der Waals surface area contributed by atoms with Gasteiger partial charge in [-0.1, -0.05) is 20.3 Å². The number of carbonyl (C=O) groups is 1. The molecule has 0 radical (unpaired) electrons. The molecule has 8 nitrogen and oxygen atoms in total. The van der Waals surface area contributed by atoms with Gasteiger partial charge in [0.05, 0.1) is 18.3 Å². The summed E-state index contributed by atoms with van der Waals surface area (Å²) in [6, 6.07) is 9.85. The first-order valence-electron chi connectivity index (χ1n) is 12.4. The number of imidazole rings is 1. The Labute approximate surface area is 205 Å². The number of hydrogen-bond acceptors (Lipinski definition) is 5. The van der Waals surface area contributed by atoms with E-state index in [1.165, 1.54) is 0 Å². The van der Waals surface area contributed by atoms with Crippen LogP contribution in [0.25, 0.3) is 33.6 Å². The van der Waals surface area contributed by atoms with Crippen LogP contribution in [0.2, 0.25) is 0 Å². The molecule has 1 fully saturated rings. The highest BCUT2D eigenvalue weighted by Crippen LogP contribution is 2.35. The number of ether oxygens (including phenoxy) is 1. The third-order valence-corrected chi connectivity index (χ3v) is 7.54. The second kappa shape index (κ2) is 9.00. The quantitative estimate of drug-likeness (QED) is 0.452. The number of carbonyl (C=O) groups excluding carboxylic acids is 1. The minimum atomic E-state index is -0.0272. The van der Waals surface area contributed by atoms with Crippen LogP contribution in [-0.2, 0) is 13.6 Å². The maximum atomic E-state index is 13.6. The molecule has 8 heteroatoms. The number of benzene rings is 1. The van der Waals surface area contributed by atoms with Crippen LogP contribution < -0.4 is 10.5 Å². The van der Waals surface area contributed by atoms with Gasteiger partial charge in [-0.05, 0) is 49.6 Å². The number of aromatic nitrogens is 4. The van der Waals surface area contributed by atoms with Gasteiger partial charge < -0.3 is 24.5 Å². The summed E-state index contributed by atoms with van der Waals surface area (Å²) in [5, 5.41) is 1.08. The number of rotatable bonds is 6. The fourth-order valence-electron chi connectivity index (χ4n) is 5.52. The zero-order valence-electron chi connectivity index (χ0n) is 21.2. The van der Waals surface area contributed by atoms with E-state index in [0.29, 0.717) is 23.8 Å². The Kier molecular flexibility index (Phi) is 6.01. The average Bonchev–Trinajstić information content (AvgIpc) is 3.50. The molecule has 0 saturated carbocycles. The second-order valence-corrected chi connectivity index (χ2v) is 9.58. The molecule has 1 saturated heterocycles. The molecule has 4 heterocycles. The van der Waals surface area contributed by atoms with Crippen LogP contribution in [0.3, 0.4) is 0 Å². The summed E-state index contributed by atoms with van der Waals surface area (Å²) in [5.74, 6) is 1.74. The highest BCUT2D eigenvalue weighted by Gasteiger charge is 2.38. The van der Waals surface area contributed by atoms with Crippen molar-refractivity contribution in [3.05, 3.63) is 42.1 Å². The van der Waals surface area contributed by atoms with E-state index in [1.807, 2.05) is 47.8 Å². The molecule has 184 valence electrons. The number of methoxy groups -OCH3 is 1. The average molecular weight is 475 g/mol. The third kappa shape index (κ3) is 3.67. The summed E-state index contributed by atoms with van der Waals surface area (Å²) >= 11 is 0. The van der Waals surface area contributed by atoms with E-state index in [0.717, 1.165) is 53.0 Å². The Hall–Kier alpha value is -3.39. The molecule has 2 N–H and O–H groups in total. The minimum Gasteiger partial charge on any atom is -0.494 e. The predicted octanol–water partition coefficient (Wildman–Crippen LogP) is 4.21. The molecule has 1 aliphatic rings. The Morgan fingerprint density at radius 2 is 2.06 bits per heavy atom. The van der Waals surface area contributed by atoms with Gasteiger partial charge in [0.1, 0.15) is 16.9 Å². The van der Waals surface area contributed by atoms with Gasteiger partial charge >= 0.3 is 0 Å². The number of nitrogens with two attached hydrogens (primary N) is 1. The molecule has 1 aromatic carbocycles. The van der Waals surface area contributed by atoms with Crippen molar-refractivity contribution in [1.82, 2.24) is 24.0 Å². The van der Waals surface area contributed by atoms with Crippen LogP contribution in [0.4, 0.5) is 0 Å². The van der Waals surface area contributed by atoms with Gasteiger partial charge in [0, 0.05) is 49.4 Å². The monoisotopic (exact) mass is 474 g/mol. The molecule has 5 rings (SSSR count). The van der Waals surface area contributed by atoms with Crippen molar-refractivity contribution < 1.29 is 9.53 Å². The number of likely N-dealkylation sites (tertiary alicyclic amines) is 1. The fraction of sp³-hybridized carbons (Fsp3) is 0.444. The largest absolute Gasteiger partial charge is 0.494 e. The van der Waals surface area contributed by atoms with Gasteiger partial charge in [-0.2, -0.15) is 0 Å². The number of fused-ring (bicyclic) bond motifs is 2. The Morgan fingerprint density at radius 1 is 1.26 bits per heavy atom. The molecular weight excluding hydrogens is 440 g/mol. The van der Waals surface area contributed by atoms with Crippen molar-refractivity contribution in [2.75, 3.05) is 13.7 Å². The lowest BCUT2D eigenvalue weighted by Crippen LogP contribution is -2.41. The first-order chi connectivity index (χ1) is 16.9. The van der Waals surface area contributed by atoms with Gasteiger partial charge in [-0.25, -0.2) is 9.97 Å². The van der Waals surface area contributed by atoms with Crippen LogP contribution in [0.5, 0.6) is 5.75 Å². The van der Waals surface area contributed by atoms with Gasteiger partial charge in [-0.3, -0.25) is 4.79 Å². The van der Waals surface area contributed by atoms with Gasteiger partial charge in [0.15, 0.2) is 5.82 Å². The maximum Gasteiger partial charge on any atom is 0.254 e. The van der Waals surface area contributed by atoms with Crippen LogP contribution >= 0.6 is 0 Å². The van der Waals surface area contributed by atoms with Crippen LogP contribution in [0.1, 0.15) is 44.0 Å². The van der Waals surface area contributed by atoms with Gasteiger partial charge in [-0.15, -0.1) is 0 Å². The van der Waals surface area contributed by atoms with Crippen molar-refractivity contribution in [2.24, 2.45) is 18.7 Å². The molecule has 1 aliphatic heterocycles. The highest BCUT2D eigenvalue weighted by molar-refractivity contribution is 6.00. The number of amides is 1. The highest BCUT2D eigenvalue weighted by atomic mass is 16.5. The molecule has 3 aromatic heterocycles. The number of hydrogen-bond donors (Lipinski definition) is 1. The van der Waals surface area contributed by atoms with Crippen molar-refractivity contribution in [2.45, 2.75) is 52.2 Å². The molecule has 0 spiro atoms. The summed E-state index contributed by atoms with van der Waals surface area (Å²) in [6.45, 7) is 7.83. The lowest BCUT2D eigenvalue weighted by molar-refractivity contribution is 0.0739. The number of pyridine rings is 1. The minimum absolute atomic E-state index is 0.00862. The zero-order valence-corrected chi connectivity index (χ0v) is 21.2. The zero-order chi connectivity index (χ0) is 24.9. The van der Waals surface area contributed by atoms with Crippen molar-refractivity contribution in [3.8, 4) is 17.3 Å². The Balaban J connectivity index is 1.63. The number of aryl methyl sites for hydroxylation is 2. The van der Waals surface area contributed by atoms with Crippen LogP contribution in [0, 0.1) is 5.92 Å². The summed E-state index contributed by atoms with van der Waals surface area (Å²) in [7, 11) is 3.62. The lowest BCUT2D eigenvalue weighted by atomic mass is 9.98. The lowest BCUT2D eigenvalue weighted by Gasteiger charge is -2.23.